The molecule has 1 aliphatic rings. The summed E-state index contributed by atoms with van der Waals surface area (Å²) in [5, 5.41) is 0. The summed E-state index contributed by atoms with van der Waals surface area (Å²) in [4.78, 5) is 2.54. The highest BCUT2D eigenvalue weighted by Crippen LogP contribution is 2.31. The minimum Gasteiger partial charge on any atom is -0.295 e. The average molecular weight is 325 g/mol. The van der Waals surface area contributed by atoms with E-state index in [1.807, 2.05) is 0 Å². The van der Waals surface area contributed by atoms with Crippen molar-refractivity contribution in [3.05, 3.63) is 113 Å². The third-order valence-electron chi connectivity index (χ3n) is 4.87. The van der Waals surface area contributed by atoms with E-state index in [-0.39, 0.29) is 0 Å². The zero-order chi connectivity index (χ0) is 16.9. The zero-order valence-corrected chi connectivity index (χ0v) is 14.4. The Bertz CT molecular complexity index is 786. The van der Waals surface area contributed by atoms with Gasteiger partial charge in [-0.3, -0.25) is 4.90 Å². The highest BCUT2D eigenvalue weighted by atomic mass is 15.2. The van der Waals surface area contributed by atoms with Gasteiger partial charge >= 0.3 is 0 Å². The number of nitrogens with zero attached hydrogens (tertiary/aromatic N) is 1. The Morgan fingerprint density at radius 2 is 1.12 bits per heavy atom. The molecule has 0 unspecified atom stereocenters. The van der Waals surface area contributed by atoms with E-state index in [1.54, 1.807) is 5.57 Å². The smallest absolute Gasteiger partial charge is 0.0218 e. The van der Waals surface area contributed by atoms with Gasteiger partial charge in [0.25, 0.3) is 0 Å². The van der Waals surface area contributed by atoms with Gasteiger partial charge in [-0.2, -0.15) is 0 Å². The summed E-state index contributed by atoms with van der Waals surface area (Å²) in [5.41, 5.74) is 7.03. The summed E-state index contributed by atoms with van der Waals surface area (Å²) in [6.07, 6.45) is 1.13. The molecule has 0 aliphatic carbocycles. The molecule has 0 saturated carbocycles. The molecule has 3 aromatic carbocycles. The number of rotatable bonds is 5. The molecule has 1 aliphatic heterocycles. The van der Waals surface area contributed by atoms with Gasteiger partial charge in [0.05, 0.1) is 0 Å². The Morgan fingerprint density at radius 1 is 0.640 bits per heavy atom. The minimum absolute atomic E-state index is 1.08. The van der Waals surface area contributed by atoms with Gasteiger partial charge in [0.2, 0.25) is 0 Å². The van der Waals surface area contributed by atoms with Gasteiger partial charge in [-0.1, -0.05) is 91.0 Å². The van der Waals surface area contributed by atoms with Crippen LogP contribution in [-0.2, 0) is 6.42 Å². The molecule has 1 saturated heterocycles. The first-order valence-corrected chi connectivity index (χ1v) is 8.99. The van der Waals surface area contributed by atoms with Crippen LogP contribution in [-0.4, -0.2) is 24.5 Å². The van der Waals surface area contributed by atoms with Crippen LogP contribution in [0.5, 0.6) is 0 Å². The van der Waals surface area contributed by atoms with E-state index in [4.69, 9.17) is 0 Å². The van der Waals surface area contributed by atoms with Crippen molar-refractivity contribution in [2.75, 3.05) is 19.6 Å². The lowest BCUT2D eigenvalue weighted by atomic mass is 9.89. The van der Waals surface area contributed by atoms with Gasteiger partial charge in [-0.25, -0.2) is 0 Å². The molecule has 4 rings (SSSR count). The van der Waals surface area contributed by atoms with Gasteiger partial charge in [-0.05, 0) is 34.3 Å². The molecule has 1 fully saturated rings. The first-order chi connectivity index (χ1) is 12.4. The lowest BCUT2D eigenvalue weighted by Crippen LogP contribution is -2.42. The second-order valence-electron chi connectivity index (χ2n) is 6.66. The van der Waals surface area contributed by atoms with Crippen molar-refractivity contribution in [2.24, 2.45) is 0 Å². The quantitative estimate of drug-likeness (QED) is 0.635. The van der Waals surface area contributed by atoms with Crippen molar-refractivity contribution in [1.29, 1.82) is 0 Å². The zero-order valence-electron chi connectivity index (χ0n) is 14.4. The van der Waals surface area contributed by atoms with Crippen molar-refractivity contribution in [3.63, 3.8) is 0 Å². The molecule has 0 spiro atoms. The fourth-order valence-corrected chi connectivity index (χ4v) is 3.53. The molecule has 0 radical (unpaired) electrons. The molecule has 1 nitrogen and oxygen atoms in total. The fraction of sp³-hybridized carbons (Fsp3) is 0.167. The topological polar surface area (TPSA) is 3.24 Å². The normalized spacial score (nSPS) is 14.2. The highest BCUT2D eigenvalue weighted by Gasteiger charge is 2.24. The van der Waals surface area contributed by atoms with Crippen LogP contribution >= 0.6 is 0 Å². The molecule has 0 bridgehead atoms. The second kappa shape index (κ2) is 7.50. The molecular weight excluding hydrogens is 302 g/mol. The maximum atomic E-state index is 2.54. The maximum absolute atomic E-state index is 2.54. The first-order valence-electron chi connectivity index (χ1n) is 8.99. The highest BCUT2D eigenvalue weighted by molar-refractivity contribution is 5.83. The van der Waals surface area contributed by atoms with E-state index in [2.05, 4.69) is 95.9 Å². The summed E-state index contributed by atoms with van der Waals surface area (Å²) in [5.74, 6) is 0. The van der Waals surface area contributed by atoms with Crippen LogP contribution in [0.3, 0.4) is 0 Å². The van der Waals surface area contributed by atoms with Gasteiger partial charge in [0, 0.05) is 19.6 Å². The van der Waals surface area contributed by atoms with Crippen LogP contribution in [0.15, 0.2) is 96.6 Å². The average Bonchev–Trinajstić information content (AvgIpc) is 2.66. The standard InChI is InChI=1S/C24H23N/c1-4-10-20(11-5-1)16-17-25-18-23(19-25)24(21-12-6-2-7-13-21)22-14-8-3-9-15-22/h1-15H,16-19H2. The Morgan fingerprint density at radius 3 is 1.64 bits per heavy atom. The fourth-order valence-electron chi connectivity index (χ4n) is 3.53. The number of hydrogen-bond acceptors (Lipinski definition) is 1. The van der Waals surface area contributed by atoms with Crippen LogP contribution in [0, 0.1) is 0 Å². The van der Waals surface area contributed by atoms with Crippen molar-refractivity contribution >= 4 is 5.57 Å². The first kappa shape index (κ1) is 15.9. The SMILES string of the molecule is c1ccc(CCN2CC(=C(c3ccccc3)c3ccccc3)C2)cc1. The Hall–Kier alpha value is -2.64. The summed E-state index contributed by atoms with van der Waals surface area (Å²) in [6.45, 7) is 3.28. The van der Waals surface area contributed by atoms with E-state index in [0.717, 1.165) is 26.1 Å². The molecule has 0 N–H and O–H groups in total. The number of likely N-dealkylation sites (tertiary alicyclic amines) is 1. The maximum Gasteiger partial charge on any atom is 0.0218 e. The van der Waals surface area contributed by atoms with E-state index >= 15 is 0 Å². The monoisotopic (exact) mass is 325 g/mol. The molecular formula is C24H23N. The van der Waals surface area contributed by atoms with E-state index < -0.39 is 0 Å². The summed E-state index contributed by atoms with van der Waals surface area (Å²) < 4.78 is 0. The Balaban J connectivity index is 1.51. The molecule has 1 heterocycles. The summed E-state index contributed by atoms with van der Waals surface area (Å²) in [7, 11) is 0. The van der Waals surface area contributed by atoms with Gasteiger partial charge in [0.15, 0.2) is 0 Å². The van der Waals surface area contributed by atoms with Crippen LogP contribution in [0.2, 0.25) is 0 Å². The molecule has 0 amide bonds. The lowest BCUT2D eigenvalue weighted by molar-refractivity contribution is 0.254. The largest absolute Gasteiger partial charge is 0.295 e. The lowest BCUT2D eigenvalue weighted by Gasteiger charge is -2.36. The van der Waals surface area contributed by atoms with Crippen LogP contribution in [0.1, 0.15) is 16.7 Å². The predicted molar refractivity (Wildman–Crippen MR) is 105 cm³/mol. The Kier molecular flexibility index (Phi) is 4.76. The molecule has 0 atom stereocenters. The van der Waals surface area contributed by atoms with Crippen LogP contribution in [0.25, 0.3) is 5.57 Å². The molecule has 1 heteroatoms. The van der Waals surface area contributed by atoms with E-state index in [0.29, 0.717) is 0 Å². The molecule has 25 heavy (non-hydrogen) atoms. The van der Waals surface area contributed by atoms with Crippen molar-refractivity contribution < 1.29 is 0 Å². The van der Waals surface area contributed by atoms with Crippen LogP contribution in [0.4, 0.5) is 0 Å². The molecule has 124 valence electrons. The van der Waals surface area contributed by atoms with Crippen molar-refractivity contribution in [3.8, 4) is 0 Å². The summed E-state index contributed by atoms with van der Waals surface area (Å²) in [6, 6.07) is 32.4. The van der Waals surface area contributed by atoms with Crippen molar-refractivity contribution in [1.82, 2.24) is 4.90 Å². The van der Waals surface area contributed by atoms with Gasteiger partial charge < -0.3 is 0 Å². The van der Waals surface area contributed by atoms with Gasteiger partial charge in [-0.15, -0.1) is 0 Å². The number of hydrogen-bond donors (Lipinski definition) is 0. The third-order valence-corrected chi connectivity index (χ3v) is 4.87. The Labute approximate surface area is 150 Å². The van der Waals surface area contributed by atoms with Gasteiger partial charge in [0.1, 0.15) is 0 Å². The number of benzene rings is 3. The minimum atomic E-state index is 1.08. The summed E-state index contributed by atoms with van der Waals surface area (Å²) >= 11 is 0. The molecule has 3 aromatic rings. The third kappa shape index (κ3) is 3.72. The van der Waals surface area contributed by atoms with E-state index in [9.17, 15) is 0 Å². The predicted octanol–water partition coefficient (Wildman–Crippen LogP) is 5.05. The molecule has 0 aromatic heterocycles. The van der Waals surface area contributed by atoms with E-state index in [1.165, 1.54) is 22.3 Å². The second-order valence-corrected chi connectivity index (χ2v) is 6.66. The van der Waals surface area contributed by atoms with Crippen LogP contribution < -0.4 is 0 Å². The van der Waals surface area contributed by atoms with Crippen molar-refractivity contribution in [2.45, 2.75) is 6.42 Å².